The summed E-state index contributed by atoms with van der Waals surface area (Å²) in [6.45, 7) is 2.40. The number of carboxylic acids is 1. The molecule has 166 valence electrons. The van der Waals surface area contributed by atoms with E-state index in [1.54, 1.807) is 18.2 Å². The average Bonchev–Trinajstić information content (AvgIpc) is 2.77. The molecule has 0 fully saturated rings. The number of carbonyl (C=O) groups excluding carboxylic acids is 1. The molecule has 0 saturated carbocycles. The van der Waals surface area contributed by atoms with Crippen molar-refractivity contribution in [3.63, 3.8) is 0 Å². The van der Waals surface area contributed by atoms with Crippen molar-refractivity contribution in [2.24, 2.45) is 0 Å². The van der Waals surface area contributed by atoms with E-state index in [1.807, 2.05) is 37.3 Å². The highest BCUT2D eigenvalue weighted by atomic mass is 79.9. The van der Waals surface area contributed by atoms with Gasteiger partial charge < -0.3 is 15.2 Å². The maximum absolute atomic E-state index is 12.6. The van der Waals surface area contributed by atoms with E-state index < -0.39 is 11.9 Å². The summed E-state index contributed by atoms with van der Waals surface area (Å²) in [6.07, 6.45) is 1.44. The van der Waals surface area contributed by atoms with Crippen molar-refractivity contribution in [2.45, 2.75) is 13.5 Å². The van der Waals surface area contributed by atoms with Crippen LogP contribution in [0.15, 0.2) is 75.2 Å². The summed E-state index contributed by atoms with van der Waals surface area (Å²) in [5.74, 6) is -1.16. The first-order chi connectivity index (χ1) is 15.8. The summed E-state index contributed by atoms with van der Waals surface area (Å²) in [7, 11) is 0. The monoisotopic (exact) mass is 568 g/mol. The molecule has 0 aliphatic carbocycles. The van der Waals surface area contributed by atoms with Crippen molar-refractivity contribution in [3.05, 3.63) is 97.4 Å². The van der Waals surface area contributed by atoms with Crippen molar-refractivity contribution in [2.75, 3.05) is 5.32 Å². The number of aromatic carboxylic acids is 1. The molecule has 0 aromatic heterocycles. The number of nitrogens with one attached hydrogen (secondary N) is 1. The predicted octanol–water partition coefficient (Wildman–Crippen LogP) is 6.34. The number of aryl methyl sites for hydroxylation is 1. The molecular weight excluding hydrogens is 552 g/mol. The average molecular weight is 570 g/mol. The molecule has 0 bridgehead atoms. The molecule has 8 heteroatoms. The molecule has 0 atom stereocenters. The Hall–Kier alpha value is -3.41. The minimum absolute atomic E-state index is 0.0319. The smallest absolute Gasteiger partial charge is 0.335 e. The Morgan fingerprint density at radius 2 is 1.79 bits per heavy atom. The number of nitriles is 1. The van der Waals surface area contributed by atoms with E-state index in [2.05, 4.69) is 37.2 Å². The second kappa shape index (κ2) is 10.9. The van der Waals surface area contributed by atoms with Crippen LogP contribution in [0.2, 0.25) is 0 Å². The van der Waals surface area contributed by atoms with Gasteiger partial charge in [-0.25, -0.2) is 4.79 Å². The molecular formula is C25H18Br2N2O4. The molecule has 6 nitrogen and oxygen atoms in total. The molecule has 0 aliphatic heterocycles. The first-order valence-electron chi connectivity index (χ1n) is 9.70. The lowest BCUT2D eigenvalue weighted by atomic mass is 10.1. The Morgan fingerprint density at radius 3 is 2.42 bits per heavy atom. The van der Waals surface area contributed by atoms with Gasteiger partial charge in [0.05, 0.1) is 14.5 Å². The van der Waals surface area contributed by atoms with Crippen molar-refractivity contribution < 1.29 is 19.4 Å². The van der Waals surface area contributed by atoms with Crippen molar-refractivity contribution in [1.29, 1.82) is 5.26 Å². The molecule has 0 radical (unpaired) electrons. The van der Waals surface area contributed by atoms with Crippen LogP contribution in [0.25, 0.3) is 6.08 Å². The van der Waals surface area contributed by atoms with Crippen LogP contribution in [0.1, 0.15) is 27.0 Å². The Balaban J connectivity index is 1.78. The highest BCUT2D eigenvalue weighted by Crippen LogP contribution is 2.36. The molecule has 0 unspecified atom stereocenters. The molecule has 1 amide bonds. The van der Waals surface area contributed by atoms with Crippen LogP contribution < -0.4 is 10.1 Å². The lowest BCUT2D eigenvalue weighted by molar-refractivity contribution is -0.112. The van der Waals surface area contributed by atoms with Gasteiger partial charge in [-0.3, -0.25) is 4.79 Å². The van der Waals surface area contributed by atoms with Gasteiger partial charge in [-0.05, 0) is 86.3 Å². The van der Waals surface area contributed by atoms with Gasteiger partial charge in [0.1, 0.15) is 24.0 Å². The summed E-state index contributed by atoms with van der Waals surface area (Å²) < 4.78 is 7.26. The van der Waals surface area contributed by atoms with Gasteiger partial charge in [-0.15, -0.1) is 0 Å². The van der Waals surface area contributed by atoms with Crippen molar-refractivity contribution in [1.82, 2.24) is 0 Å². The predicted molar refractivity (Wildman–Crippen MR) is 133 cm³/mol. The number of carbonyl (C=O) groups is 2. The second-order valence-electron chi connectivity index (χ2n) is 7.10. The summed E-state index contributed by atoms with van der Waals surface area (Å²) in [5, 5.41) is 21.1. The van der Waals surface area contributed by atoms with E-state index in [0.29, 0.717) is 26.9 Å². The topological polar surface area (TPSA) is 99.4 Å². The van der Waals surface area contributed by atoms with Crippen LogP contribution in [-0.2, 0) is 11.4 Å². The highest BCUT2D eigenvalue weighted by molar-refractivity contribution is 9.11. The minimum atomic E-state index is -1.11. The lowest BCUT2D eigenvalue weighted by Gasteiger charge is -2.12. The number of hydrogen-bond donors (Lipinski definition) is 2. The number of rotatable bonds is 7. The number of hydrogen-bond acceptors (Lipinski definition) is 4. The molecule has 0 spiro atoms. The highest BCUT2D eigenvalue weighted by Gasteiger charge is 2.14. The Labute approximate surface area is 207 Å². The normalized spacial score (nSPS) is 10.9. The SMILES string of the molecule is Cc1cccc(COc2c(Br)cc(/C=C(/C#N)C(=O)Nc3cccc(C(=O)O)c3)cc2Br)c1. The summed E-state index contributed by atoms with van der Waals surface area (Å²) in [5.41, 5.74) is 2.96. The Morgan fingerprint density at radius 1 is 1.09 bits per heavy atom. The summed E-state index contributed by atoms with van der Waals surface area (Å²) in [4.78, 5) is 23.7. The zero-order valence-electron chi connectivity index (χ0n) is 17.4. The molecule has 3 rings (SSSR count). The van der Waals surface area contributed by atoms with Gasteiger partial charge in [0.25, 0.3) is 5.91 Å². The first kappa shape index (κ1) is 24.2. The third-order valence-electron chi connectivity index (χ3n) is 4.53. The molecule has 33 heavy (non-hydrogen) atoms. The number of nitrogens with zero attached hydrogens (tertiary/aromatic N) is 1. The van der Waals surface area contributed by atoms with Crippen LogP contribution in [0.3, 0.4) is 0 Å². The number of halogens is 2. The lowest BCUT2D eigenvalue weighted by Crippen LogP contribution is -2.14. The fourth-order valence-electron chi connectivity index (χ4n) is 3.00. The van der Waals surface area contributed by atoms with E-state index in [9.17, 15) is 14.9 Å². The van der Waals surface area contributed by atoms with E-state index in [0.717, 1.165) is 11.1 Å². The zero-order chi connectivity index (χ0) is 24.0. The quantitative estimate of drug-likeness (QED) is 0.255. The Kier molecular flexibility index (Phi) is 8.04. The van der Waals surface area contributed by atoms with Crippen LogP contribution in [0, 0.1) is 18.3 Å². The maximum atomic E-state index is 12.6. The fraction of sp³-hybridized carbons (Fsp3) is 0.0800. The van der Waals surface area contributed by atoms with Gasteiger partial charge in [0.2, 0.25) is 0 Å². The number of carboxylic acid groups (broad SMARTS) is 1. The standard InChI is InChI=1S/C25H18Br2N2O4/c1-15-4-2-5-16(8-15)14-33-23-21(26)10-17(11-22(23)27)9-19(13-28)24(30)29-20-7-3-6-18(12-20)25(31)32/h2-12H,14H2,1H3,(H,29,30)(H,31,32)/b19-9-. The van der Waals surface area contributed by atoms with E-state index in [1.165, 1.54) is 24.3 Å². The van der Waals surface area contributed by atoms with Crippen LogP contribution in [-0.4, -0.2) is 17.0 Å². The van der Waals surface area contributed by atoms with E-state index >= 15 is 0 Å². The van der Waals surface area contributed by atoms with Gasteiger partial charge in [0, 0.05) is 5.69 Å². The Bertz CT molecular complexity index is 1270. The molecule has 2 N–H and O–H groups in total. The maximum Gasteiger partial charge on any atom is 0.335 e. The summed E-state index contributed by atoms with van der Waals surface area (Å²) >= 11 is 6.97. The van der Waals surface area contributed by atoms with E-state index in [4.69, 9.17) is 9.84 Å². The fourth-order valence-corrected chi connectivity index (χ4v) is 4.45. The van der Waals surface area contributed by atoms with Gasteiger partial charge in [-0.1, -0.05) is 35.9 Å². The van der Waals surface area contributed by atoms with Gasteiger partial charge >= 0.3 is 5.97 Å². The molecule has 0 saturated heterocycles. The third-order valence-corrected chi connectivity index (χ3v) is 5.71. The summed E-state index contributed by atoms with van der Waals surface area (Å²) in [6, 6.07) is 19.2. The third kappa shape index (κ3) is 6.54. The zero-order valence-corrected chi connectivity index (χ0v) is 20.6. The van der Waals surface area contributed by atoms with Gasteiger partial charge in [-0.2, -0.15) is 5.26 Å². The molecule has 3 aromatic rings. The van der Waals surface area contributed by atoms with Crippen LogP contribution in [0.5, 0.6) is 5.75 Å². The number of amides is 1. The number of ether oxygens (including phenoxy) is 1. The number of benzene rings is 3. The van der Waals surface area contributed by atoms with Gasteiger partial charge in [0.15, 0.2) is 0 Å². The van der Waals surface area contributed by atoms with Crippen molar-refractivity contribution >= 4 is 55.5 Å². The molecule has 0 heterocycles. The molecule has 0 aliphatic rings. The van der Waals surface area contributed by atoms with Crippen LogP contribution in [0.4, 0.5) is 5.69 Å². The molecule has 3 aromatic carbocycles. The minimum Gasteiger partial charge on any atom is -0.487 e. The van der Waals surface area contributed by atoms with Crippen LogP contribution >= 0.6 is 31.9 Å². The van der Waals surface area contributed by atoms with Crippen molar-refractivity contribution in [3.8, 4) is 11.8 Å². The number of anilines is 1. The first-order valence-corrected chi connectivity index (χ1v) is 11.3. The largest absolute Gasteiger partial charge is 0.487 e. The second-order valence-corrected chi connectivity index (χ2v) is 8.81. The van der Waals surface area contributed by atoms with E-state index in [-0.39, 0.29) is 16.8 Å².